The molecule has 0 aromatic heterocycles. The Kier molecular flexibility index (Phi) is 7.53. The maximum absolute atomic E-state index is 14.3. The molecule has 0 saturated carbocycles. The van der Waals surface area contributed by atoms with Crippen molar-refractivity contribution in [3.05, 3.63) is 70.9 Å². The molecule has 0 heterocycles. The van der Waals surface area contributed by atoms with E-state index in [1.165, 1.54) is 36.5 Å². The van der Waals surface area contributed by atoms with Crippen LogP contribution in [0.5, 0.6) is 0 Å². The van der Waals surface area contributed by atoms with E-state index in [2.05, 4.69) is 39.2 Å². The highest BCUT2D eigenvalue weighted by atomic mass is 19.3. The molecule has 0 fully saturated rings. The summed E-state index contributed by atoms with van der Waals surface area (Å²) < 4.78 is 56.4. The first-order valence-electron chi connectivity index (χ1n) is 10.4. The fraction of sp³-hybridized carbons (Fsp3) is 0.520. The molecular formula is C25H32F4. The summed E-state index contributed by atoms with van der Waals surface area (Å²) in [5.74, 6) is -8.07. The Morgan fingerprint density at radius 2 is 1.52 bits per heavy atom. The van der Waals surface area contributed by atoms with Crippen LogP contribution in [0.25, 0.3) is 0 Å². The predicted molar refractivity (Wildman–Crippen MR) is 113 cm³/mol. The van der Waals surface area contributed by atoms with Crippen molar-refractivity contribution in [1.82, 2.24) is 0 Å². The van der Waals surface area contributed by atoms with Crippen molar-refractivity contribution in [3.8, 4) is 0 Å². The zero-order valence-electron chi connectivity index (χ0n) is 17.8. The van der Waals surface area contributed by atoms with Gasteiger partial charge in [0.2, 0.25) is 0 Å². The van der Waals surface area contributed by atoms with E-state index in [0.29, 0.717) is 12.3 Å². The highest BCUT2D eigenvalue weighted by molar-refractivity contribution is 5.48. The molecular weight excluding hydrogens is 376 g/mol. The number of hydrogen-bond acceptors (Lipinski definition) is 0. The monoisotopic (exact) mass is 408 g/mol. The van der Waals surface area contributed by atoms with Crippen LogP contribution in [0.1, 0.15) is 65.7 Å². The molecule has 2 rings (SSSR count). The molecule has 1 unspecified atom stereocenters. The van der Waals surface area contributed by atoms with Crippen molar-refractivity contribution >= 4 is 0 Å². The number of allylic oxidation sites excluding steroid dienone is 10. The lowest BCUT2D eigenvalue weighted by molar-refractivity contribution is -0.159. The molecule has 0 aromatic rings. The molecule has 0 amide bonds. The number of hydrogen-bond donors (Lipinski definition) is 0. The quantitative estimate of drug-likeness (QED) is 0.265. The zero-order chi connectivity index (χ0) is 21.8. The zero-order valence-corrected chi connectivity index (χ0v) is 17.8. The number of rotatable bonds is 9. The molecule has 0 nitrogen and oxygen atoms in total. The molecule has 0 saturated heterocycles. The van der Waals surface area contributed by atoms with Crippen LogP contribution < -0.4 is 0 Å². The normalized spacial score (nSPS) is 19.0. The van der Waals surface area contributed by atoms with Crippen molar-refractivity contribution in [2.75, 3.05) is 0 Å². The van der Waals surface area contributed by atoms with Crippen LogP contribution in [-0.4, -0.2) is 11.8 Å². The van der Waals surface area contributed by atoms with Gasteiger partial charge in [0.25, 0.3) is 0 Å². The molecule has 4 heteroatoms. The minimum Gasteiger partial charge on any atom is -0.194 e. The Balaban J connectivity index is 2.13. The largest absolute Gasteiger partial charge is 0.339 e. The van der Waals surface area contributed by atoms with Gasteiger partial charge in [-0.1, -0.05) is 69.7 Å². The first-order valence-corrected chi connectivity index (χ1v) is 10.4. The summed E-state index contributed by atoms with van der Waals surface area (Å²) in [6.07, 6.45) is 14.0. The number of unbranched alkanes of at least 4 members (excludes halogenated alkanes) is 1. The minimum atomic E-state index is -4.34. The van der Waals surface area contributed by atoms with E-state index in [1.807, 2.05) is 0 Å². The van der Waals surface area contributed by atoms with Crippen molar-refractivity contribution in [1.29, 1.82) is 0 Å². The van der Waals surface area contributed by atoms with Gasteiger partial charge in [0, 0.05) is 5.57 Å². The Bertz CT molecular complexity index is 775. The highest BCUT2D eigenvalue weighted by Gasteiger charge is 2.59. The average Bonchev–Trinajstić information content (AvgIpc) is 2.71. The summed E-state index contributed by atoms with van der Waals surface area (Å²) >= 11 is 0. The van der Waals surface area contributed by atoms with Crippen molar-refractivity contribution < 1.29 is 17.6 Å². The Morgan fingerprint density at radius 1 is 0.931 bits per heavy atom. The standard InChI is InChI=1S/C25H32F4/c1-6-7-8-18(4)20-9-13-22(14-10-20)23-15-11-21(12-16-23)19(5)25(28,29)24(26,27)17(2)3/h9,11,13,15,18H,2,5-8,10,12,14,16H2,1,3-4H3. The highest BCUT2D eigenvalue weighted by Crippen LogP contribution is 2.47. The van der Waals surface area contributed by atoms with Crippen LogP contribution in [0.4, 0.5) is 17.6 Å². The molecule has 0 aromatic carbocycles. The molecule has 2 aliphatic rings. The van der Waals surface area contributed by atoms with Gasteiger partial charge in [-0.15, -0.1) is 0 Å². The van der Waals surface area contributed by atoms with E-state index in [9.17, 15) is 17.6 Å². The Morgan fingerprint density at radius 3 is 1.97 bits per heavy atom. The Hall–Kier alpha value is -1.84. The van der Waals surface area contributed by atoms with Gasteiger partial charge in [0.15, 0.2) is 0 Å². The second-order valence-corrected chi connectivity index (χ2v) is 8.27. The summed E-state index contributed by atoms with van der Waals surface area (Å²) in [6, 6.07) is 0. The van der Waals surface area contributed by atoms with Gasteiger partial charge >= 0.3 is 11.8 Å². The fourth-order valence-electron chi connectivity index (χ4n) is 3.84. The lowest BCUT2D eigenvalue weighted by Gasteiger charge is -2.30. The third-order valence-corrected chi connectivity index (χ3v) is 6.06. The van der Waals surface area contributed by atoms with Crippen LogP contribution in [-0.2, 0) is 0 Å². The SMILES string of the molecule is C=C(C)C(F)(F)C(F)(F)C(=C)C1=CC=C(C2=CC=C(C(C)CCCC)CC2)CC1. The van der Waals surface area contributed by atoms with E-state index in [0.717, 1.165) is 25.3 Å². The summed E-state index contributed by atoms with van der Waals surface area (Å²) in [6.45, 7) is 11.7. The lowest BCUT2D eigenvalue weighted by Crippen LogP contribution is -2.43. The van der Waals surface area contributed by atoms with Gasteiger partial charge < -0.3 is 0 Å². The molecule has 0 aliphatic heterocycles. The molecule has 29 heavy (non-hydrogen) atoms. The number of halogens is 4. The van der Waals surface area contributed by atoms with E-state index < -0.39 is 23.0 Å². The van der Waals surface area contributed by atoms with Gasteiger partial charge in [0.1, 0.15) is 0 Å². The van der Waals surface area contributed by atoms with Crippen LogP contribution in [0.2, 0.25) is 0 Å². The summed E-state index contributed by atoms with van der Waals surface area (Å²) in [7, 11) is 0. The molecule has 2 aliphatic carbocycles. The second-order valence-electron chi connectivity index (χ2n) is 8.27. The lowest BCUT2D eigenvalue weighted by atomic mass is 9.81. The predicted octanol–water partition coefficient (Wildman–Crippen LogP) is 8.51. The first-order chi connectivity index (χ1) is 13.5. The number of alkyl halides is 4. The third kappa shape index (κ3) is 5.02. The first kappa shape index (κ1) is 23.4. The van der Waals surface area contributed by atoms with E-state index in [1.54, 1.807) is 6.08 Å². The van der Waals surface area contributed by atoms with Crippen LogP contribution >= 0.6 is 0 Å². The topological polar surface area (TPSA) is 0 Å². The summed E-state index contributed by atoms with van der Waals surface area (Å²) in [5.41, 5.74) is 2.26. The molecule has 1 atom stereocenters. The average molecular weight is 409 g/mol. The second kappa shape index (κ2) is 9.32. The van der Waals surface area contributed by atoms with Crippen LogP contribution in [0.15, 0.2) is 70.9 Å². The smallest absolute Gasteiger partial charge is 0.194 e. The van der Waals surface area contributed by atoms with Gasteiger partial charge in [-0.2, -0.15) is 17.6 Å². The van der Waals surface area contributed by atoms with Crippen LogP contribution in [0, 0.1) is 5.92 Å². The van der Waals surface area contributed by atoms with Gasteiger partial charge in [-0.3, -0.25) is 0 Å². The van der Waals surface area contributed by atoms with Crippen molar-refractivity contribution in [2.45, 2.75) is 77.6 Å². The summed E-state index contributed by atoms with van der Waals surface area (Å²) in [4.78, 5) is 0. The molecule has 0 N–H and O–H groups in total. The van der Waals surface area contributed by atoms with Gasteiger partial charge in [-0.25, -0.2) is 0 Å². The maximum atomic E-state index is 14.3. The van der Waals surface area contributed by atoms with E-state index >= 15 is 0 Å². The fourth-order valence-corrected chi connectivity index (χ4v) is 3.84. The summed E-state index contributed by atoms with van der Waals surface area (Å²) in [5, 5.41) is 0. The minimum absolute atomic E-state index is 0.181. The molecule has 0 spiro atoms. The van der Waals surface area contributed by atoms with Gasteiger partial charge in [0.05, 0.1) is 0 Å². The molecule has 0 radical (unpaired) electrons. The molecule has 0 bridgehead atoms. The van der Waals surface area contributed by atoms with E-state index in [4.69, 9.17) is 0 Å². The third-order valence-electron chi connectivity index (χ3n) is 6.06. The molecule has 160 valence electrons. The van der Waals surface area contributed by atoms with Crippen molar-refractivity contribution in [3.63, 3.8) is 0 Å². The van der Waals surface area contributed by atoms with Gasteiger partial charge in [-0.05, 0) is 67.2 Å². The Labute approximate surface area is 172 Å². The van der Waals surface area contributed by atoms with E-state index in [-0.39, 0.29) is 12.0 Å². The van der Waals surface area contributed by atoms with Crippen LogP contribution in [0.3, 0.4) is 0 Å². The maximum Gasteiger partial charge on any atom is 0.339 e. The van der Waals surface area contributed by atoms with Crippen molar-refractivity contribution in [2.24, 2.45) is 5.92 Å².